The van der Waals surface area contributed by atoms with Crippen molar-refractivity contribution in [1.82, 2.24) is 24.5 Å². The molecule has 3 aromatic carbocycles. The molecule has 0 unspecified atom stereocenters. The first-order valence-electron chi connectivity index (χ1n) is 21.5. The highest BCUT2D eigenvalue weighted by molar-refractivity contribution is 7.90. The van der Waals surface area contributed by atoms with Gasteiger partial charge in [-0.15, -0.1) is 0 Å². The maximum Gasteiger partial charge on any atom is 0.268 e. The van der Waals surface area contributed by atoms with E-state index in [0.717, 1.165) is 81.7 Å². The normalized spacial score (nSPS) is 19.9. The molecule has 9 rings (SSSR count). The Morgan fingerprint density at radius 2 is 1.76 bits per heavy atom. The van der Waals surface area contributed by atoms with Gasteiger partial charge in [0.05, 0.1) is 35.0 Å². The van der Waals surface area contributed by atoms with Gasteiger partial charge in [0.25, 0.3) is 15.9 Å². The third kappa shape index (κ3) is 9.15. The number of ether oxygens (including phenoxy) is 2. The van der Waals surface area contributed by atoms with Gasteiger partial charge in [0.1, 0.15) is 17.1 Å². The van der Waals surface area contributed by atoms with Crippen LogP contribution in [0.5, 0.6) is 11.5 Å². The standard InChI is InChI=1S/C46H54N8O7S/c1-46(26-34-5-3-4-6-35(34)29-54(46)45(56)32-7-8-32)30-52-17-19-53(20-18-52)36-9-11-39(42(24-36)61-37-23-33-13-16-47-43(33)49-28-37)44(55)51-62(57,58)38-10-12-40(41(25-38)50-59-2)48-27-31-14-21-60-22-15-31/h3-6,9-13,16,23-25,28,31-32,48,50H,7-8,14-15,17-22,26-27,29-30H2,1-2H3,(H,47,49)(H,51,55)/p+1/t46-/m0/s1. The van der Waals surface area contributed by atoms with Gasteiger partial charge < -0.3 is 29.6 Å². The van der Waals surface area contributed by atoms with Crippen LogP contribution in [-0.2, 0) is 37.4 Å². The molecule has 2 amide bonds. The highest BCUT2D eigenvalue weighted by atomic mass is 32.2. The molecule has 0 spiro atoms. The summed E-state index contributed by atoms with van der Waals surface area (Å²) in [5.74, 6) is 0.619. The fraction of sp³-hybridized carbons (Fsp3) is 0.413. The predicted octanol–water partition coefficient (Wildman–Crippen LogP) is 4.94. The quantitative estimate of drug-likeness (QED) is 0.0880. The first-order valence-corrected chi connectivity index (χ1v) is 23.0. The van der Waals surface area contributed by atoms with Crippen LogP contribution in [-0.4, -0.2) is 105 Å². The van der Waals surface area contributed by atoms with Gasteiger partial charge in [-0.1, -0.05) is 24.3 Å². The lowest BCUT2D eigenvalue weighted by molar-refractivity contribution is -0.829. The maximum absolute atomic E-state index is 14.0. The molecular formula is C46H55N8O7S+. The van der Waals surface area contributed by atoms with Crippen molar-refractivity contribution >= 4 is 49.9 Å². The fourth-order valence-corrected chi connectivity index (χ4v) is 10.1. The van der Waals surface area contributed by atoms with Gasteiger partial charge in [0.15, 0.2) is 5.69 Å². The number of carbonyl (C=O) groups excluding carboxylic acids is 2. The molecule has 5 heterocycles. The van der Waals surface area contributed by atoms with Gasteiger partial charge in [-0.05, 0) is 92.5 Å². The summed E-state index contributed by atoms with van der Waals surface area (Å²) in [6.45, 7) is 8.80. The zero-order chi connectivity index (χ0) is 42.8. The number of H-pyrrole nitrogens is 1. The average Bonchev–Trinajstić information content (AvgIpc) is 4.03. The molecule has 1 aliphatic carbocycles. The number of aromatic amines is 1. The first kappa shape index (κ1) is 41.8. The summed E-state index contributed by atoms with van der Waals surface area (Å²) in [6, 6.07) is 22.0. The molecule has 3 fully saturated rings. The number of sulfonamides is 1. The monoisotopic (exact) mass is 863 g/mol. The van der Waals surface area contributed by atoms with Crippen LogP contribution in [0.4, 0.5) is 17.1 Å². The first-order chi connectivity index (χ1) is 30.0. The highest BCUT2D eigenvalue weighted by Crippen LogP contribution is 2.39. The molecule has 1 saturated carbocycles. The number of nitrogens with zero attached hydrogens (tertiary/aromatic N) is 4. The van der Waals surface area contributed by atoms with E-state index in [-0.39, 0.29) is 33.6 Å². The van der Waals surface area contributed by atoms with Crippen molar-refractivity contribution in [3.05, 3.63) is 102 Å². The second-order valence-corrected chi connectivity index (χ2v) is 18.9. The van der Waals surface area contributed by atoms with E-state index in [1.54, 1.807) is 30.6 Å². The van der Waals surface area contributed by atoms with Crippen molar-refractivity contribution in [3.63, 3.8) is 0 Å². The minimum absolute atomic E-state index is 0.0504. The molecule has 15 nitrogen and oxygen atoms in total. The van der Waals surface area contributed by atoms with E-state index < -0.39 is 15.9 Å². The van der Waals surface area contributed by atoms with Crippen molar-refractivity contribution in [3.8, 4) is 11.5 Å². The zero-order valence-corrected chi connectivity index (χ0v) is 36.1. The number of aromatic nitrogens is 2. The average molecular weight is 864 g/mol. The van der Waals surface area contributed by atoms with Crippen LogP contribution < -0.4 is 25.2 Å². The number of hydrogen-bond donors (Lipinski definition) is 4. The maximum atomic E-state index is 14.0. The van der Waals surface area contributed by atoms with E-state index in [1.807, 2.05) is 18.2 Å². The number of nitrogens with two attached hydrogens (primary N) is 1. The smallest absolute Gasteiger partial charge is 0.268 e. The number of hydrogen-bond acceptors (Lipinski definition) is 11. The lowest BCUT2D eigenvalue weighted by Crippen LogP contribution is -2.76. The summed E-state index contributed by atoms with van der Waals surface area (Å²) < 4.78 is 41.8. The number of anilines is 2. The van der Waals surface area contributed by atoms with E-state index in [2.05, 4.69) is 65.9 Å². The Labute approximate surface area is 362 Å². The van der Waals surface area contributed by atoms with E-state index in [1.165, 1.54) is 35.8 Å². The summed E-state index contributed by atoms with van der Waals surface area (Å²) in [6.07, 6.45) is 8.02. The van der Waals surface area contributed by atoms with Gasteiger partial charge in [-0.3, -0.25) is 14.5 Å². The van der Waals surface area contributed by atoms with Gasteiger partial charge in [-0.25, -0.2) is 23.0 Å². The number of carbonyl (C=O) groups is 2. The Morgan fingerprint density at radius 1 is 0.968 bits per heavy atom. The fourth-order valence-electron chi connectivity index (χ4n) is 9.05. The van der Waals surface area contributed by atoms with Crippen LogP contribution >= 0.6 is 0 Å². The Kier molecular flexibility index (Phi) is 11.9. The Bertz CT molecular complexity index is 2550. The molecule has 4 aliphatic rings. The number of pyridine rings is 1. The molecule has 16 heteroatoms. The van der Waals surface area contributed by atoms with Crippen LogP contribution in [0, 0.1) is 11.8 Å². The van der Waals surface area contributed by atoms with Crippen LogP contribution in [0.25, 0.3) is 11.0 Å². The van der Waals surface area contributed by atoms with Gasteiger partial charge in [-0.2, -0.15) is 5.48 Å². The Balaban J connectivity index is 0.921. The zero-order valence-electron chi connectivity index (χ0n) is 35.3. The van der Waals surface area contributed by atoms with E-state index in [0.29, 0.717) is 49.2 Å². The SMILES string of the molecule is CO[NH2+]c1cc(S(=O)(=O)NC(=O)c2ccc(N3CCN(C[C@]4(C)Cc5ccccc5CN4C(=O)C4CC4)CC3)cc2Oc2cnc3[nH]ccc3c2)ccc1NCC1CCOCC1. The second-order valence-electron chi connectivity index (χ2n) is 17.2. The van der Waals surface area contributed by atoms with Crippen LogP contribution in [0.15, 0.2) is 90.1 Å². The largest absolute Gasteiger partial charge is 0.455 e. The van der Waals surface area contributed by atoms with E-state index in [9.17, 15) is 18.0 Å². The van der Waals surface area contributed by atoms with Crippen LogP contribution in [0.3, 0.4) is 0 Å². The summed E-state index contributed by atoms with van der Waals surface area (Å²) in [4.78, 5) is 47.2. The van der Waals surface area contributed by atoms with Crippen LogP contribution in [0.1, 0.15) is 54.1 Å². The molecule has 5 N–H and O–H groups in total. The molecule has 5 aromatic rings. The van der Waals surface area contributed by atoms with Gasteiger partial charge >= 0.3 is 0 Å². The van der Waals surface area contributed by atoms with Gasteiger partial charge in [0.2, 0.25) is 5.91 Å². The molecule has 0 radical (unpaired) electrons. The number of rotatable bonds is 14. The lowest BCUT2D eigenvalue weighted by Gasteiger charge is -2.49. The molecule has 0 bridgehead atoms. The number of nitrogens with one attached hydrogen (secondary N) is 3. The van der Waals surface area contributed by atoms with Crippen molar-refractivity contribution in [2.75, 3.05) is 69.8 Å². The summed E-state index contributed by atoms with van der Waals surface area (Å²) in [5, 5.41) is 4.25. The molecule has 2 saturated heterocycles. The van der Waals surface area contributed by atoms with E-state index >= 15 is 0 Å². The van der Waals surface area contributed by atoms with Crippen molar-refractivity contribution in [1.29, 1.82) is 0 Å². The Hall–Kier alpha value is -5.52. The molecule has 326 valence electrons. The summed E-state index contributed by atoms with van der Waals surface area (Å²) >= 11 is 0. The lowest BCUT2D eigenvalue weighted by atomic mass is 9.83. The number of benzene rings is 3. The molecular weight excluding hydrogens is 809 g/mol. The number of fused-ring (bicyclic) bond motifs is 2. The molecule has 2 aromatic heterocycles. The predicted molar refractivity (Wildman–Crippen MR) is 235 cm³/mol. The topological polar surface area (TPSA) is 175 Å². The third-order valence-corrected chi connectivity index (χ3v) is 14.0. The van der Waals surface area contributed by atoms with Crippen LogP contribution in [0.2, 0.25) is 0 Å². The van der Waals surface area contributed by atoms with Gasteiger partial charge in [0, 0.05) is 94.3 Å². The highest BCUT2D eigenvalue weighted by Gasteiger charge is 2.45. The number of amides is 2. The van der Waals surface area contributed by atoms with E-state index in [4.69, 9.17) is 14.3 Å². The Morgan fingerprint density at radius 3 is 2.53 bits per heavy atom. The minimum atomic E-state index is -4.32. The second kappa shape index (κ2) is 17.7. The molecule has 3 aliphatic heterocycles. The number of quaternary nitrogens is 1. The third-order valence-electron chi connectivity index (χ3n) is 12.7. The minimum Gasteiger partial charge on any atom is -0.455 e. The van der Waals surface area contributed by atoms with Crippen molar-refractivity contribution < 1.29 is 37.8 Å². The summed E-state index contributed by atoms with van der Waals surface area (Å²) in [5.41, 5.74) is 6.54. The van der Waals surface area contributed by atoms with Crippen molar-refractivity contribution in [2.24, 2.45) is 11.8 Å². The number of piperazine rings is 1. The molecule has 1 atom stereocenters. The van der Waals surface area contributed by atoms with Crippen molar-refractivity contribution in [2.45, 2.75) is 56.0 Å². The molecule has 62 heavy (non-hydrogen) atoms. The summed E-state index contributed by atoms with van der Waals surface area (Å²) in [7, 11) is -2.82.